The Balaban J connectivity index is 1.99. The Kier molecular flexibility index (Phi) is 17.7. The molecule has 0 aliphatic carbocycles. The van der Waals surface area contributed by atoms with Crippen LogP contribution < -0.4 is 0 Å². The topological polar surface area (TPSA) is 180 Å². The first-order chi connectivity index (χ1) is 26.1. The van der Waals surface area contributed by atoms with E-state index in [0.29, 0.717) is 25.7 Å². The summed E-state index contributed by atoms with van der Waals surface area (Å²) in [6.45, 7) is 19.1. The van der Waals surface area contributed by atoms with E-state index in [1.807, 2.05) is 32.1 Å². The van der Waals surface area contributed by atoms with Gasteiger partial charge in [-0.05, 0) is 70.1 Å². The van der Waals surface area contributed by atoms with Gasteiger partial charge in [0, 0.05) is 48.0 Å². The number of hydrogen-bond acceptors (Lipinski definition) is 11. The number of rotatable bonds is 3. The highest BCUT2D eigenvalue weighted by atomic mass is 16.7. The molecule has 5 N–H and O–H groups in total. The standard InChI is InChI=1S/C45H74O11/c1-12-34-17-15-13-14-16-27(4)42(51)44(11,53)43(52)32(9)40(50)31(8)39(49)30(7)38(48)26(3)18-21-37(47)54-41-29(6)35(20-19-34)55-45(33(41)10)23-22-25(2)36(56-45)24-28(5)46/h13-15,17-18,21,25-36,38,40-42,46,48,50-51,53H,12,16,19-20,22-24H2,1-11H3/t25-,26-,27+,28?,29+,30-,31-,32-,33-,34-,35-,36-,38+,40+,41+,42-,44+,45-/m1/s1. The van der Waals surface area contributed by atoms with Gasteiger partial charge in [-0.3, -0.25) is 9.59 Å². The maximum absolute atomic E-state index is 13.5. The number of ether oxygens (including phenoxy) is 3. The van der Waals surface area contributed by atoms with Crippen LogP contribution in [0.15, 0.2) is 36.5 Å². The summed E-state index contributed by atoms with van der Waals surface area (Å²) in [6.07, 6.45) is 9.62. The van der Waals surface area contributed by atoms with Crippen molar-refractivity contribution in [2.24, 2.45) is 53.3 Å². The monoisotopic (exact) mass is 791 g/mol. The molecule has 0 aromatic rings. The summed E-state index contributed by atoms with van der Waals surface area (Å²) < 4.78 is 20.0. The molecule has 0 radical (unpaired) electrons. The second-order valence-electron chi connectivity index (χ2n) is 18.0. The zero-order valence-corrected chi connectivity index (χ0v) is 35.8. The third-order valence-electron chi connectivity index (χ3n) is 13.4. The number of allylic oxidation sites excluding steroid dienone is 4. The Morgan fingerprint density at radius 2 is 1.48 bits per heavy atom. The van der Waals surface area contributed by atoms with E-state index in [4.69, 9.17) is 14.2 Å². The van der Waals surface area contributed by atoms with Crippen LogP contribution in [0.4, 0.5) is 0 Å². The average molecular weight is 791 g/mol. The molecular weight excluding hydrogens is 716 g/mol. The number of hydrogen-bond donors (Lipinski definition) is 5. The number of ketones is 2. The van der Waals surface area contributed by atoms with Gasteiger partial charge >= 0.3 is 5.97 Å². The van der Waals surface area contributed by atoms with Gasteiger partial charge in [-0.2, -0.15) is 0 Å². The van der Waals surface area contributed by atoms with Gasteiger partial charge < -0.3 is 39.7 Å². The quantitative estimate of drug-likeness (QED) is 0.216. The van der Waals surface area contributed by atoms with Crippen LogP contribution in [0.2, 0.25) is 0 Å². The predicted molar refractivity (Wildman–Crippen MR) is 215 cm³/mol. The molecule has 2 bridgehead atoms. The second-order valence-corrected chi connectivity index (χ2v) is 18.0. The maximum atomic E-state index is 13.5. The zero-order chi connectivity index (χ0) is 42.3. The lowest BCUT2D eigenvalue weighted by Crippen LogP contribution is -2.62. The fraction of sp³-hybridized carbons (Fsp3) is 0.800. The number of esters is 1. The smallest absolute Gasteiger partial charge is 0.330 e. The lowest BCUT2D eigenvalue weighted by molar-refractivity contribution is -0.371. The van der Waals surface area contributed by atoms with Crippen LogP contribution >= 0.6 is 0 Å². The molecule has 3 heterocycles. The molecule has 0 amide bonds. The number of carbonyl (C=O) groups excluding carboxylic acids is 3. The van der Waals surface area contributed by atoms with E-state index in [0.717, 1.165) is 19.3 Å². The number of fused-ring (bicyclic) bond motifs is 2. The molecule has 1 unspecified atom stereocenters. The summed E-state index contributed by atoms with van der Waals surface area (Å²) in [4.78, 5) is 40.5. The molecule has 18 atom stereocenters. The molecule has 3 rings (SSSR count). The van der Waals surface area contributed by atoms with Gasteiger partial charge in [-0.1, -0.05) is 92.7 Å². The lowest BCUT2D eigenvalue weighted by atomic mass is 9.74. The highest BCUT2D eigenvalue weighted by molar-refractivity contribution is 5.91. The van der Waals surface area contributed by atoms with Gasteiger partial charge in [0.1, 0.15) is 17.5 Å². The summed E-state index contributed by atoms with van der Waals surface area (Å²) in [5, 5.41) is 55.0. The first-order valence-electron chi connectivity index (χ1n) is 21.2. The maximum Gasteiger partial charge on any atom is 0.330 e. The number of carbonyl (C=O) groups is 3. The molecule has 0 aromatic carbocycles. The molecule has 2 fully saturated rings. The van der Waals surface area contributed by atoms with E-state index in [1.165, 1.54) is 39.8 Å². The van der Waals surface area contributed by atoms with E-state index in [-0.39, 0.29) is 35.9 Å². The Morgan fingerprint density at radius 1 is 0.839 bits per heavy atom. The van der Waals surface area contributed by atoms with Gasteiger partial charge in [-0.25, -0.2) is 4.79 Å². The summed E-state index contributed by atoms with van der Waals surface area (Å²) >= 11 is 0. The van der Waals surface area contributed by atoms with Gasteiger partial charge in [0.05, 0.1) is 36.6 Å². The zero-order valence-electron chi connectivity index (χ0n) is 35.8. The minimum atomic E-state index is -2.18. The fourth-order valence-corrected chi connectivity index (χ4v) is 9.01. The van der Waals surface area contributed by atoms with Crippen molar-refractivity contribution in [3.63, 3.8) is 0 Å². The SMILES string of the molecule is CC[C@@H]1C=CC=CC[C@H](C)[C@@H](O)[C@](C)(O)C(=O)[C@H](C)[C@@H](O)[C@H](C)C(=O)[C@H](C)[C@@H](O)[C@H](C)C=CC(=O)O[C@H]2[C@@H](C)[C@@H](CC1)O[C@@]1(CC[C@@H](C)[C@@H](CC(C)O)O1)[C@@H]2C. The van der Waals surface area contributed by atoms with Crippen molar-refractivity contribution in [1.29, 1.82) is 0 Å². The van der Waals surface area contributed by atoms with Gasteiger partial charge in [0.15, 0.2) is 11.6 Å². The number of aliphatic hydroxyl groups excluding tert-OH is 4. The highest BCUT2D eigenvalue weighted by Crippen LogP contribution is 2.49. The van der Waals surface area contributed by atoms with Crippen LogP contribution in [-0.2, 0) is 28.6 Å². The van der Waals surface area contributed by atoms with E-state index in [1.54, 1.807) is 20.8 Å². The normalized spacial score (nSPS) is 45.1. The Morgan fingerprint density at radius 3 is 2.11 bits per heavy atom. The van der Waals surface area contributed by atoms with E-state index >= 15 is 0 Å². The van der Waals surface area contributed by atoms with E-state index in [2.05, 4.69) is 19.9 Å². The number of aliphatic hydroxyl groups is 5. The van der Waals surface area contributed by atoms with Gasteiger partial charge in [0.25, 0.3) is 0 Å². The van der Waals surface area contributed by atoms with Crippen LogP contribution in [0.25, 0.3) is 0 Å². The summed E-state index contributed by atoms with van der Waals surface area (Å²) in [5.74, 6) is -7.28. The summed E-state index contributed by atoms with van der Waals surface area (Å²) in [6, 6.07) is 0. The average Bonchev–Trinajstić information content (AvgIpc) is 3.16. The molecule has 11 nitrogen and oxygen atoms in total. The fourth-order valence-electron chi connectivity index (χ4n) is 9.01. The van der Waals surface area contributed by atoms with E-state index < -0.39 is 89.0 Å². The predicted octanol–water partition coefficient (Wildman–Crippen LogP) is 5.88. The van der Waals surface area contributed by atoms with Crippen LogP contribution in [0.3, 0.4) is 0 Å². The molecular formula is C45H74O11. The van der Waals surface area contributed by atoms with Gasteiger partial charge in [-0.15, -0.1) is 0 Å². The van der Waals surface area contributed by atoms with Crippen molar-refractivity contribution in [3.8, 4) is 0 Å². The van der Waals surface area contributed by atoms with Crippen molar-refractivity contribution >= 4 is 17.5 Å². The Labute approximate surface area is 336 Å². The first kappa shape index (κ1) is 48.1. The molecule has 320 valence electrons. The minimum absolute atomic E-state index is 0.168. The van der Waals surface area contributed by atoms with Gasteiger partial charge in [0.2, 0.25) is 0 Å². The largest absolute Gasteiger partial charge is 0.458 e. The molecule has 11 heteroatoms. The third-order valence-corrected chi connectivity index (χ3v) is 13.4. The molecule has 56 heavy (non-hydrogen) atoms. The summed E-state index contributed by atoms with van der Waals surface area (Å²) in [7, 11) is 0. The Hall–Kier alpha value is -2.25. The third kappa shape index (κ3) is 11.5. The van der Waals surface area contributed by atoms with Crippen molar-refractivity contribution < 1.29 is 54.1 Å². The minimum Gasteiger partial charge on any atom is -0.458 e. The molecule has 1 spiro atoms. The van der Waals surface area contributed by atoms with E-state index in [9.17, 15) is 39.9 Å². The van der Waals surface area contributed by atoms with Crippen molar-refractivity contribution in [2.45, 2.75) is 175 Å². The van der Waals surface area contributed by atoms with Crippen molar-refractivity contribution in [1.82, 2.24) is 0 Å². The lowest BCUT2D eigenvalue weighted by Gasteiger charge is -2.55. The first-order valence-corrected chi connectivity index (χ1v) is 21.2. The number of Topliss-reactive ketones (excluding diaryl/α,β-unsaturated/α-hetero) is 2. The van der Waals surface area contributed by atoms with Crippen LogP contribution in [0, 0.1) is 53.3 Å². The van der Waals surface area contributed by atoms with Crippen molar-refractivity contribution in [2.75, 3.05) is 0 Å². The molecule has 0 aromatic heterocycles. The highest BCUT2D eigenvalue weighted by Gasteiger charge is 2.56. The van der Waals surface area contributed by atoms with Crippen LogP contribution in [-0.4, -0.2) is 97.2 Å². The van der Waals surface area contributed by atoms with Crippen LogP contribution in [0.5, 0.6) is 0 Å². The molecule has 3 aliphatic rings. The second kappa shape index (κ2) is 20.6. The molecule has 2 saturated heterocycles. The van der Waals surface area contributed by atoms with Crippen LogP contribution in [0.1, 0.15) is 121 Å². The Bertz CT molecular complexity index is 1390. The summed E-state index contributed by atoms with van der Waals surface area (Å²) in [5.41, 5.74) is -2.18. The van der Waals surface area contributed by atoms with Crippen molar-refractivity contribution in [3.05, 3.63) is 36.5 Å². The molecule has 3 aliphatic heterocycles. The molecule has 0 saturated carbocycles.